The molecule has 0 unspecified atom stereocenters. The summed E-state index contributed by atoms with van der Waals surface area (Å²) >= 11 is 0. The molecule has 1 aliphatic carbocycles. The van der Waals surface area contributed by atoms with Crippen LogP contribution in [0.4, 0.5) is 0 Å². The Morgan fingerprint density at radius 1 is 0.750 bits per heavy atom. The molecule has 0 bridgehead atoms. The van der Waals surface area contributed by atoms with Crippen molar-refractivity contribution >= 4 is 11.9 Å². The van der Waals surface area contributed by atoms with Gasteiger partial charge in [0, 0.05) is 0 Å². The topological polar surface area (TPSA) is 80.3 Å². The van der Waals surface area contributed by atoms with Gasteiger partial charge >= 0.3 is 11.9 Å². The van der Waals surface area contributed by atoms with Crippen LogP contribution in [0.25, 0.3) is 0 Å². The van der Waals surface area contributed by atoms with Crippen molar-refractivity contribution < 1.29 is 33.3 Å². The highest BCUT2D eigenvalue weighted by Gasteiger charge is 2.55. The summed E-state index contributed by atoms with van der Waals surface area (Å²) in [7, 11) is 0. The normalized spacial score (nSPS) is 22.3. The number of hydrogen-bond acceptors (Lipinski definition) is 7. The van der Waals surface area contributed by atoms with Crippen molar-refractivity contribution in [3.05, 3.63) is 120 Å². The third-order valence-electron chi connectivity index (χ3n) is 6.06. The van der Waals surface area contributed by atoms with Crippen molar-refractivity contribution in [2.24, 2.45) is 0 Å². The molecule has 0 aromatic heterocycles. The Labute approximate surface area is 209 Å². The zero-order valence-electron chi connectivity index (χ0n) is 19.5. The van der Waals surface area contributed by atoms with Crippen LogP contribution >= 0.6 is 0 Å². The smallest absolute Gasteiger partial charge is 0.338 e. The molecule has 0 amide bonds. The standard InChI is InChI=1S/C29H26O7/c30-27(22-12-6-2-7-13-22)35-25-24(32-20-21-10-4-1-5-11-21)16-17-29(33-18-19-34-29)26(25)36-28(31)23-14-8-3-9-15-23/h1-17,24-26H,18-20H2/t24-,25+,26-/m0/s1. The van der Waals surface area contributed by atoms with Crippen molar-refractivity contribution in [3.8, 4) is 0 Å². The lowest BCUT2D eigenvalue weighted by molar-refractivity contribution is -0.231. The zero-order chi connectivity index (χ0) is 24.8. The highest BCUT2D eigenvalue weighted by molar-refractivity contribution is 5.90. The van der Waals surface area contributed by atoms with Crippen LogP contribution in [0.2, 0.25) is 0 Å². The summed E-state index contributed by atoms with van der Waals surface area (Å²) in [6.07, 6.45) is 0.573. The molecule has 5 rings (SSSR count). The maximum atomic E-state index is 13.1. The van der Waals surface area contributed by atoms with Gasteiger partial charge in [-0.25, -0.2) is 9.59 Å². The van der Waals surface area contributed by atoms with Gasteiger partial charge in [-0.3, -0.25) is 0 Å². The number of carbonyl (C=O) groups excluding carboxylic acids is 2. The summed E-state index contributed by atoms with van der Waals surface area (Å²) in [5.41, 5.74) is 1.67. The Balaban J connectivity index is 1.46. The quantitative estimate of drug-likeness (QED) is 0.363. The van der Waals surface area contributed by atoms with E-state index in [1.165, 1.54) is 0 Å². The molecule has 3 aromatic rings. The van der Waals surface area contributed by atoms with E-state index in [4.69, 9.17) is 23.7 Å². The van der Waals surface area contributed by atoms with Crippen LogP contribution in [0.15, 0.2) is 103 Å². The first-order valence-corrected chi connectivity index (χ1v) is 11.8. The van der Waals surface area contributed by atoms with E-state index in [9.17, 15) is 9.59 Å². The first-order chi connectivity index (χ1) is 17.6. The molecule has 184 valence electrons. The van der Waals surface area contributed by atoms with E-state index in [-0.39, 0.29) is 6.61 Å². The Morgan fingerprint density at radius 3 is 1.86 bits per heavy atom. The lowest BCUT2D eigenvalue weighted by atomic mass is 9.92. The molecule has 1 heterocycles. The molecule has 3 atom stereocenters. The van der Waals surface area contributed by atoms with Gasteiger partial charge in [-0.05, 0) is 35.9 Å². The largest absolute Gasteiger partial charge is 0.451 e. The van der Waals surface area contributed by atoms with Gasteiger partial charge < -0.3 is 23.7 Å². The van der Waals surface area contributed by atoms with Crippen LogP contribution in [0.5, 0.6) is 0 Å². The van der Waals surface area contributed by atoms with E-state index in [1.54, 1.807) is 60.7 Å². The minimum absolute atomic E-state index is 0.267. The van der Waals surface area contributed by atoms with Gasteiger partial charge in [0.1, 0.15) is 6.10 Å². The van der Waals surface area contributed by atoms with Crippen molar-refractivity contribution in [3.63, 3.8) is 0 Å². The highest BCUT2D eigenvalue weighted by atomic mass is 16.8. The van der Waals surface area contributed by atoms with Crippen LogP contribution in [0, 0.1) is 0 Å². The molecule has 0 saturated carbocycles. The number of esters is 2. The second kappa shape index (κ2) is 10.9. The predicted octanol–water partition coefficient (Wildman–Crippen LogP) is 4.34. The van der Waals surface area contributed by atoms with Crippen molar-refractivity contribution in [1.82, 2.24) is 0 Å². The Bertz CT molecular complexity index is 1190. The maximum absolute atomic E-state index is 13.1. The van der Waals surface area contributed by atoms with Gasteiger partial charge in [-0.2, -0.15) is 0 Å². The monoisotopic (exact) mass is 486 g/mol. The van der Waals surface area contributed by atoms with E-state index in [2.05, 4.69) is 0 Å². The van der Waals surface area contributed by atoms with Crippen molar-refractivity contribution in [2.75, 3.05) is 13.2 Å². The van der Waals surface area contributed by atoms with Crippen LogP contribution in [-0.2, 0) is 30.3 Å². The molecule has 7 heteroatoms. The minimum Gasteiger partial charge on any atom is -0.451 e. The molecule has 2 aliphatic rings. The number of rotatable bonds is 7. The van der Waals surface area contributed by atoms with Crippen LogP contribution in [-0.4, -0.2) is 49.3 Å². The Kier molecular flexibility index (Phi) is 7.23. The molecule has 36 heavy (non-hydrogen) atoms. The van der Waals surface area contributed by atoms with Gasteiger partial charge in [0.2, 0.25) is 5.79 Å². The fourth-order valence-electron chi connectivity index (χ4n) is 4.26. The molecular weight excluding hydrogens is 460 g/mol. The fraction of sp³-hybridized carbons (Fsp3) is 0.241. The molecule has 1 spiro atoms. The van der Waals surface area contributed by atoms with E-state index < -0.39 is 36.0 Å². The van der Waals surface area contributed by atoms with E-state index >= 15 is 0 Å². The van der Waals surface area contributed by atoms with Gasteiger partial charge in [0.05, 0.1) is 30.9 Å². The summed E-state index contributed by atoms with van der Waals surface area (Å²) in [5, 5.41) is 0. The molecular formula is C29H26O7. The molecule has 0 N–H and O–H groups in total. The Hall–Kier alpha value is -3.78. The third kappa shape index (κ3) is 5.23. The summed E-state index contributed by atoms with van der Waals surface area (Å²) in [6.45, 7) is 0.876. The minimum atomic E-state index is -1.39. The lowest BCUT2D eigenvalue weighted by Gasteiger charge is -2.42. The van der Waals surface area contributed by atoms with E-state index in [1.807, 2.05) is 42.5 Å². The van der Waals surface area contributed by atoms with E-state index in [0.717, 1.165) is 5.56 Å². The van der Waals surface area contributed by atoms with Crippen LogP contribution < -0.4 is 0 Å². The zero-order valence-corrected chi connectivity index (χ0v) is 19.5. The van der Waals surface area contributed by atoms with Crippen LogP contribution in [0.3, 0.4) is 0 Å². The molecule has 1 fully saturated rings. The van der Waals surface area contributed by atoms with Gasteiger partial charge in [-0.1, -0.05) is 72.8 Å². The first kappa shape index (κ1) is 23.9. The average molecular weight is 487 g/mol. The van der Waals surface area contributed by atoms with E-state index in [0.29, 0.717) is 24.3 Å². The lowest BCUT2D eigenvalue weighted by Crippen LogP contribution is -2.59. The number of carbonyl (C=O) groups is 2. The summed E-state index contributed by atoms with van der Waals surface area (Å²) in [5.74, 6) is -2.55. The summed E-state index contributed by atoms with van der Waals surface area (Å²) in [6, 6.07) is 26.9. The third-order valence-corrected chi connectivity index (χ3v) is 6.06. The number of hydrogen-bond donors (Lipinski definition) is 0. The highest BCUT2D eigenvalue weighted by Crippen LogP contribution is 2.37. The maximum Gasteiger partial charge on any atom is 0.338 e. The fourth-order valence-corrected chi connectivity index (χ4v) is 4.26. The van der Waals surface area contributed by atoms with Gasteiger partial charge in [0.25, 0.3) is 0 Å². The van der Waals surface area contributed by atoms with Crippen molar-refractivity contribution in [1.29, 1.82) is 0 Å². The summed E-state index contributed by atoms with van der Waals surface area (Å²) < 4.78 is 29.9. The molecule has 7 nitrogen and oxygen atoms in total. The number of benzene rings is 3. The molecule has 3 aromatic carbocycles. The second-order valence-corrected chi connectivity index (χ2v) is 8.47. The first-order valence-electron chi connectivity index (χ1n) is 11.8. The molecule has 1 saturated heterocycles. The second-order valence-electron chi connectivity index (χ2n) is 8.47. The van der Waals surface area contributed by atoms with Crippen LogP contribution in [0.1, 0.15) is 26.3 Å². The average Bonchev–Trinajstić information content (AvgIpc) is 3.41. The van der Waals surface area contributed by atoms with Gasteiger partial charge in [0.15, 0.2) is 12.2 Å². The van der Waals surface area contributed by atoms with Crippen molar-refractivity contribution in [2.45, 2.75) is 30.7 Å². The molecule has 1 aliphatic heterocycles. The molecule has 0 radical (unpaired) electrons. The number of ether oxygens (including phenoxy) is 5. The Morgan fingerprint density at radius 2 is 1.28 bits per heavy atom. The summed E-state index contributed by atoms with van der Waals surface area (Å²) in [4.78, 5) is 26.2. The SMILES string of the molecule is O=C(O[C@@H]1[C@@H](OCc2ccccc2)C=CC2(OCCO2)[C@H]1OC(=O)c1ccccc1)c1ccccc1. The predicted molar refractivity (Wildman–Crippen MR) is 130 cm³/mol. The van der Waals surface area contributed by atoms with Gasteiger partial charge in [-0.15, -0.1) is 0 Å².